The second kappa shape index (κ2) is 12.3. The Balaban J connectivity index is 1.67. The molecule has 1 amide bonds. The van der Waals surface area contributed by atoms with E-state index in [0.717, 1.165) is 10.0 Å². The number of carbonyl (C=O) groups is 1. The molecule has 0 fully saturated rings. The number of non-ortho nitro benzene ring substituents is 1. The Morgan fingerprint density at radius 2 is 1.83 bits per heavy atom. The summed E-state index contributed by atoms with van der Waals surface area (Å²) in [6, 6.07) is 16.3. The van der Waals surface area contributed by atoms with E-state index >= 15 is 0 Å². The first kappa shape index (κ1) is 25.4. The number of nitrogens with zero attached hydrogens (tertiary/aromatic N) is 2. The van der Waals surface area contributed by atoms with E-state index in [9.17, 15) is 14.9 Å². The average molecular weight is 540 g/mol. The molecule has 10 heteroatoms. The molecule has 1 N–H and O–H groups in total. The van der Waals surface area contributed by atoms with Crippen molar-refractivity contribution in [2.45, 2.75) is 6.61 Å². The predicted molar refractivity (Wildman–Crippen MR) is 135 cm³/mol. The summed E-state index contributed by atoms with van der Waals surface area (Å²) >= 11 is 3.41. The van der Waals surface area contributed by atoms with Crippen molar-refractivity contribution in [3.8, 4) is 17.2 Å². The van der Waals surface area contributed by atoms with Gasteiger partial charge in [0.15, 0.2) is 11.5 Å². The number of nitro benzene ring substituents is 1. The van der Waals surface area contributed by atoms with Crippen LogP contribution in [-0.4, -0.2) is 30.8 Å². The van der Waals surface area contributed by atoms with Gasteiger partial charge in [0.25, 0.3) is 11.6 Å². The first-order valence-corrected chi connectivity index (χ1v) is 11.1. The number of hydrazone groups is 1. The third kappa shape index (κ3) is 7.15. The van der Waals surface area contributed by atoms with Crippen molar-refractivity contribution in [1.82, 2.24) is 5.43 Å². The first-order valence-electron chi connectivity index (χ1n) is 10.3. The van der Waals surface area contributed by atoms with E-state index in [-0.39, 0.29) is 12.3 Å². The third-order valence-corrected chi connectivity index (χ3v) is 5.16. The molecule has 3 aromatic carbocycles. The van der Waals surface area contributed by atoms with Gasteiger partial charge in [-0.1, -0.05) is 28.6 Å². The van der Waals surface area contributed by atoms with Gasteiger partial charge in [0.05, 0.1) is 18.2 Å². The third-order valence-electron chi connectivity index (χ3n) is 4.67. The molecule has 180 valence electrons. The fourth-order valence-corrected chi connectivity index (χ4v) is 3.31. The lowest BCUT2D eigenvalue weighted by Crippen LogP contribution is -2.17. The first-order chi connectivity index (χ1) is 16.9. The SMILES string of the molecule is C=CCOc1ccc(C(=O)N/N=C/c2cc(Br)ccc2OCc2ccc([N+](=O)[O-])cc2)cc1OC. The molecule has 0 spiro atoms. The van der Waals surface area contributed by atoms with Crippen LogP contribution in [0.1, 0.15) is 21.5 Å². The topological polar surface area (TPSA) is 112 Å². The van der Waals surface area contributed by atoms with Gasteiger partial charge in [-0.15, -0.1) is 0 Å². The Morgan fingerprint density at radius 1 is 1.09 bits per heavy atom. The average Bonchev–Trinajstić information content (AvgIpc) is 2.87. The monoisotopic (exact) mass is 539 g/mol. The second-order valence-electron chi connectivity index (χ2n) is 7.06. The summed E-state index contributed by atoms with van der Waals surface area (Å²) in [7, 11) is 1.49. The van der Waals surface area contributed by atoms with Crippen molar-refractivity contribution >= 4 is 33.7 Å². The maximum atomic E-state index is 12.5. The van der Waals surface area contributed by atoms with E-state index in [4.69, 9.17) is 14.2 Å². The summed E-state index contributed by atoms with van der Waals surface area (Å²) < 4.78 is 17.4. The smallest absolute Gasteiger partial charge is 0.271 e. The number of carbonyl (C=O) groups excluding carboxylic acids is 1. The van der Waals surface area contributed by atoms with Gasteiger partial charge in [-0.3, -0.25) is 14.9 Å². The highest BCUT2D eigenvalue weighted by Crippen LogP contribution is 2.28. The van der Waals surface area contributed by atoms with Gasteiger partial charge in [-0.25, -0.2) is 5.43 Å². The van der Waals surface area contributed by atoms with Gasteiger partial charge in [0, 0.05) is 27.7 Å². The lowest BCUT2D eigenvalue weighted by molar-refractivity contribution is -0.384. The van der Waals surface area contributed by atoms with Crippen LogP contribution in [0.25, 0.3) is 0 Å². The lowest BCUT2D eigenvalue weighted by Gasteiger charge is -2.11. The van der Waals surface area contributed by atoms with Crippen molar-refractivity contribution in [3.63, 3.8) is 0 Å². The second-order valence-corrected chi connectivity index (χ2v) is 7.97. The van der Waals surface area contributed by atoms with Gasteiger partial charge in [0.2, 0.25) is 0 Å². The molecule has 0 saturated carbocycles. The zero-order valence-electron chi connectivity index (χ0n) is 18.8. The molecule has 35 heavy (non-hydrogen) atoms. The fraction of sp³-hybridized carbons (Fsp3) is 0.120. The summed E-state index contributed by atoms with van der Waals surface area (Å²) in [4.78, 5) is 22.9. The number of halogens is 1. The normalized spacial score (nSPS) is 10.6. The number of hydrogen-bond acceptors (Lipinski definition) is 7. The van der Waals surface area contributed by atoms with Gasteiger partial charge in [-0.2, -0.15) is 5.10 Å². The molecule has 0 heterocycles. The summed E-state index contributed by atoms with van der Waals surface area (Å²) in [6.45, 7) is 4.12. The van der Waals surface area contributed by atoms with Crippen molar-refractivity contribution in [1.29, 1.82) is 0 Å². The molecule has 0 bridgehead atoms. The Morgan fingerprint density at radius 3 is 2.51 bits per heavy atom. The summed E-state index contributed by atoms with van der Waals surface area (Å²) in [6.07, 6.45) is 3.08. The van der Waals surface area contributed by atoms with E-state index in [1.165, 1.54) is 25.5 Å². The van der Waals surface area contributed by atoms with E-state index < -0.39 is 10.8 Å². The van der Waals surface area contributed by atoms with Crippen molar-refractivity contribution < 1.29 is 23.9 Å². The van der Waals surface area contributed by atoms with E-state index in [1.807, 2.05) is 6.07 Å². The number of rotatable bonds is 11. The number of hydrogen-bond donors (Lipinski definition) is 1. The Kier molecular flexibility index (Phi) is 8.96. The molecular weight excluding hydrogens is 518 g/mol. The number of nitro groups is 1. The lowest BCUT2D eigenvalue weighted by atomic mass is 10.2. The van der Waals surface area contributed by atoms with E-state index in [1.54, 1.807) is 48.5 Å². The van der Waals surface area contributed by atoms with Crippen LogP contribution in [0, 0.1) is 10.1 Å². The molecule has 0 unspecified atom stereocenters. The summed E-state index contributed by atoms with van der Waals surface area (Å²) in [5.74, 6) is 1.00. The molecule has 3 aromatic rings. The molecule has 0 radical (unpaired) electrons. The summed E-state index contributed by atoms with van der Waals surface area (Å²) in [5.41, 5.74) is 4.22. The van der Waals surface area contributed by atoms with Crippen LogP contribution in [0.15, 0.2) is 82.9 Å². The van der Waals surface area contributed by atoms with Gasteiger partial charge < -0.3 is 14.2 Å². The van der Waals surface area contributed by atoms with Gasteiger partial charge in [0.1, 0.15) is 19.0 Å². The molecule has 0 aliphatic heterocycles. The number of benzene rings is 3. The van der Waals surface area contributed by atoms with E-state index in [0.29, 0.717) is 35.0 Å². The van der Waals surface area contributed by atoms with Crippen LogP contribution in [0.4, 0.5) is 5.69 Å². The number of amides is 1. The van der Waals surface area contributed by atoms with Crippen LogP contribution in [-0.2, 0) is 6.61 Å². The highest BCUT2D eigenvalue weighted by molar-refractivity contribution is 9.10. The minimum absolute atomic E-state index is 0.0116. The zero-order valence-corrected chi connectivity index (χ0v) is 20.4. The molecule has 0 aromatic heterocycles. The van der Waals surface area contributed by atoms with Crippen LogP contribution >= 0.6 is 15.9 Å². The predicted octanol–water partition coefficient (Wildman–Crippen LogP) is 5.27. The molecule has 3 rings (SSSR count). The van der Waals surface area contributed by atoms with Crippen LogP contribution < -0.4 is 19.6 Å². The van der Waals surface area contributed by atoms with Crippen LogP contribution in [0.2, 0.25) is 0 Å². The Bertz CT molecular complexity index is 1240. The minimum atomic E-state index is -0.455. The van der Waals surface area contributed by atoms with Crippen molar-refractivity contribution in [3.05, 3.63) is 105 Å². The molecule has 0 aliphatic carbocycles. The Labute approximate surface area is 210 Å². The highest BCUT2D eigenvalue weighted by atomic mass is 79.9. The maximum Gasteiger partial charge on any atom is 0.271 e. The summed E-state index contributed by atoms with van der Waals surface area (Å²) in [5, 5.41) is 14.8. The van der Waals surface area contributed by atoms with Crippen LogP contribution in [0.5, 0.6) is 17.2 Å². The number of methoxy groups -OCH3 is 1. The van der Waals surface area contributed by atoms with E-state index in [2.05, 4.69) is 33.0 Å². The molecule has 0 aliphatic rings. The largest absolute Gasteiger partial charge is 0.493 e. The maximum absolute atomic E-state index is 12.5. The number of ether oxygens (including phenoxy) is 3. The quantitative estimate of drug-likeness (QED) is 0.153. The zero-order chi connectivity index (χ0) is 25.2. The molecule has 0 atom stereocenters. The van der Waals surface area contributed by atoms with Crippen molar-refractivity contribution in [2.24, 2.45) is 5.10 Å². The Hall–Kier alpha value is -4.18. The van der Waals surface area contributed by atoms with Crippen LogP contribution in [0.3, 0.4) is 0 Å². The number of nitrogens with one attached hydrogen (secondary N) is 1. The fourth-order valence-electron chi connectivity index (χ4n) is 2.93. The standard InChI is InChI=1S/C25H22BrN3O6/c1-3-12-34-23-10-6-18(14-24(23)33-2)25(30)28-27-15-19-13-20(26)7-11-22(19)35-16-17-4-8-21(9-5-17)29(31)32/h3-11,13-15H,1,12,16H2,2H3,(H,28,30)/b27-15+. The van der Waals surface area contributed by atoms with Crippen molar-refractivity contribution in [2.75, 3.05) is 13.7 Å². The molecular formula is C25H22BrN3O6. The minimum Gasteiger partial charge on any atom is -0.493 e. The van der Waals surface area contributed by atoms with Gasteiger partial charge >= 0.3 is 0 Å². The van der Waals surface area contributed by atoms with Gasteiger partial charge in [-0.05, 0) is 54.1 Å². The highest BCUT2D eigenvalue weighted by Gasteiger charge is 2.11. The molecule has 0 saturated heterocycles. The molecule has 9 nitrogen and oxygen atoms in total.